The standard InChI is InChI=1S/C20H18F2N2O/c1-13-11-24(12-18(25-13)14-5-3-2-4-6-14)17-9-10-23-20-16(22)8-7-15(21)19(17)20/h2-10,13,18H,11-12H2,1H3. The lowest BCUT2D eigenvalue weighted by Crippen LogP contribution is -2.43. The van der Waals surface area contributed by atoms with E-state index in [-0.39, 0.29) is 23.1 Å². The number of rotatable bonds is 2. The molecule has 2 atom stereocenters. The number of anilines is 1. The largest absolute Gasteiger partial charge is 0.367 e. The molecule has 1 aromatic heterocycles. The summed E-state index contributed by atoms with van der Waals surface area (Å²) in [4.78, 5) is 6.07. The van der Waals surface area contributed by atoms with Crippen LogP contribution in [-0.4, -0.2) is 24.2 Å². The molecule has 1 fully saturated rings. The van der Waals surface area contributed by atoms with Crippen molar-refractivity contribution in [2.75, 3.05) is 18.0 Å². The van der Waals surface area contributed by atoms with Gasteiger partial charge in [-0.3, -0.25) is 4.98 Å². The van der Waals surface area contributed by atoms with E-state index in [4.69, 9.17) is 4.74 Å². The molecular weight excluding hydrogens is 322 g/mol. The Morgan fingerprint density at radius 3 is 2.56 bits per heavy atom. The summed E-state index contributed by atoms with van der Waals surface area (Å²) in [6.45, 7) is 3.17. The zero-order valence-electron chi connectivity index (χ0n) is 13.8. The van der Waals surface area contributed by atoms with Crippen LogP contribution in [0, 0.1) is 11.6 Å². The zero-order valence-corrected chi connectivity index (χ0v) is 13.8. The fourth-order valence-electron chi connectivity index (χ4n) is 3.44. The van der Waals surface area contributed by atoms with Crippen LogP contribution >= 0.6 is 0 Å². The summed E-state index contributed by atoms with van der Waals surface area (Å²) in [7, 11) is 0. The molecule has 2 heterocycles. The number of ether oxygens (including phenoxy) is 1. The van der Waals surface area contributed by atoms with Gasteiger partial charge in [0.05, 0.1) is 17.2 Å². The van der Waals surface area contributed by atoms with Gasteiger partial charge in [0.25, 0.3) is 0 Å². The van der Waals surface area contributed by atoms with E-state index in [1.54, 1.807) is 6.07 Å². The number of fused-ring (bicyclic) bond motifs is 1. The van der Waals surface area contributed by atoms with Crippen molar-refractivity contribution in [1.82, 2.24) is 4.98 Å². The van der Waals surface area contributed by atoms with E-state index >= 15 is 0 Å². The molecule has 1 aliphatic rings. The quantitative estimate of drug-likeness (QED) is 0.688. The van der Waals surface area contributed by atoms with E-state index in [9.17, 15) is 8.78 Å². The summed E-state index contributed by atoms with van der Waals surface area (Å²) in [6, 6.07) is 14.0. The van der Waals surface area contributed by atoms with Crippen molar-refractivity contribution < 1.29 is 13.5 Å². The van der Waals surface area contributed by atoms with Crippen molar-refractivity contribution in [2.45, 2.75) is 19.1 Å². The Morgan fingerprint density at radius 1 is 1.00 bits per heavy atom. The fraction of sp³-hybridized carbons (Fsp3) is 0.250. The predicted octanol–water partition coefficient (Wildman–Crippen LogP) is 4.48. The normalized spacial score (nSPS) is 20.8. The number of halogens is 2. The van der Waals surface area contributed by atoms with E-state index in [1.807, 2.05) is 37.3 Å². The van der Waals surface area contributed by atoms with Gasteiger partial charge in [-0.15, -0.1) is 0 Å². The molecule has 0 N–H and O–H groups in total. The lowest BCUT2D eigenvalue weighted by molar-refractivity contribution is -0.0173. The van der Waals surface area contributed by atoms with Gasteiger partial charge in [0.2, 0.25) is 0 Å². The maximum absolute atomic E-state index is 14.4. The number of hydrogen-bond acceptors (Lipinski definition) is 3. The predicted molar refractivity (Wildman–Crippen MR) is 93.6 cm³/mol. The number of nitrogens with zero attached hydrogens (tertiary/aromatic N) is 2. The van der Waals surface area contributed by atoms with Crippen molar-refractivity contribution in [1.29, 1.82) is 0 Å². The fourth-order valence-corrected chi connectivity index (χ4v) is 3.44. The van der Waals surface area contributed by atoms with Crippen LogP contribution in [0.15, 0.2) is 54.7 Å². The van der Waals surface area contributed by atoms with Crippen molar-refractivity contribution in [3.63, 3.8) is 0 Å². The van der Waals surface area contributed by atoms with Crippen LogP contribution in [0.4, 0.5) is 14.5 Å². The molecule has 0 radical (unpaired) electrons. The van der Waals surface area contributed by atoms with Crippen LogP contribution < -0.4 is 4.90 Å². The highest BCUT2D eigenvalue weighted by Gasteiger charge is 2.28. The minimum atomic E-state index is -0.515. The second-order valence-corrected chi connectivity index (χ2v) is 6.33. The number of hydrogen-bond donors (Lipinski definition) is 0. The second kappa shape index (κ2) is 6.41. The molecule has 1 aliphatic heterocycles. The lowest BCUT2D eigenvalue weighted by atomic mass is 10.0. The van der Waals surface area contributed by atoms with Gasteiger partial charge in [-0.25, -0.2) is 8.78 Å². The molecule has 0 spiro atoms. The van der Waals surface area contributed by atoms with Crippen LogP contribution in [0.3, 0.4) is 0 Å². The zero-order chi connectivity index (χ0) is 17.4. The average Bonchev–Trinajstić information content (AvgIpc) is 2.64. The van der Waals surface area contributed by atoms with Gasteiger partial charge in [-0.2, -0.15) is 0 Å². The first kappa shape index (κ1) is 16.0. The highest BCUT2D eigenvalue weighted by molar-refractivity contribution is 5.92. The van der Waals surface area contributed by atoms with Gasteiger partial charge in [0.15, 0.2) is 0 Å². The second-order valence-electron chi connectivity index (χ2n) is 6.33. The summed E-state index contributed by atoms with van der Waals surface area (Å²) in [5.41, 5.74) is 1.79. The lowest BCUT2D eigenvalue weighted by Gasteiger charge is -2.38. The van der Waals surface area contributed by atoms with Gasteiger partial charge in [-0.1, -0.05) is 30.3 Å². The van der Waals surface area contributed by atoms with Gasteiger partial charge in [-0.05, 0) is 30.7 Å². The highest BCUT2D eigenvalue weighted by atomic mass is 19.1. The Morgan fingerprint density at radius 2 is 1.76 bits per heavy atom. The molecule has 0 aliphatic carbocycles. The van der Waals surface area contributed by atoms with Crippen LogP contribution in [0.25, 0.3) is 10.9 Å². The molecule has 0 saturated carbocycles. The summed E-state index contributed by atoms with van der Waals surface area (Å²) in [5, 5.41) is 0.225. The smallest absolute Gasteiger partial charge is 0.149 e. The molecule has 3 aromatic rings. The van der Waals surface area contributed by atoms with Crippen LogP contribution in [0.1, 0.15) is 18.6 Å². The molecule has 2 unspecified atom stereocenters. The van der Waals surface area contributed by atoms with Gasteiger partial charge in [0, 0.05) is 19.3 Å². The highest BCUT2D eigenvalue weighted by Crippen LogP contribution is 2.34. The van der Waals surface area contributed by atoms with Crippen molar-refractivity contribution in [3.8, 4) is 0 Å². The number of morpholine rings is 1. The molecule has 5 heteroatoms. The molecular formula is C20H18F2N2O. The number of benzene rings is 2. The first-order valence-corrected chi connectivity index (χ1v) is 8.31. The topological polar surface area (TPSA) is 25.4 Å². The van der Waals surface area contributed by atoms with Crippen molar-refractivity contribution >= 4 is 16.6 Å². The van der Waals surface area contributed by atoms with E-state index in [2.05, 4.69) is 9.88 Å². The molecule has 128 valence electrons. The molecule has 3 nitrogen and oxygen atoms in total. The van der Waals surface area contributed by atoms with Crippen molar-refractivity contribution in [3.05, 3.63) is 71.9 Å². The first-order chi connectivity index (χ1) is 12.1. The molecule has 1 saturated heterocycles. The first-order valence-electron chi connectivity index (χ1n) is 8.31. The third kappa shape index (κ3) is 2.96. The Labute approximate surface area is 144 Å². The van der Waals surface area contributed by atoms with Gasteiger partial charge in [0.1, 0.15) is 23.3 Å². The summed E-state index contributed by atoms with van der Waals surface area (Å²) < 4.78 is 34.6. The Kier molecular flexibility index (Phi) is 4.09. The van der Waals surface area contributed by atoms with Gasteiger partial charge < -0.3 is 9.64 Å². The summed E-state index contributed by atoms with van der Waals surface area (Å²) in [5.74, 6) is -0.978. The summed E-state index contributed by atoms with van der Waals surface area (Å²) >= 11 is 0. The van der Waals surface area contributed by atoms with E-state index in [0.29, 0.717) is 18.8 Å². The average molecular weight is 340 g/mol. The Bertz CT molecular complexity index is 901. The molecule has 0 amide bonds. The maximum atomic E-state index is 14.4. The monoisotopic (exact) mass is 340 g/mol. The van der Waals surface area contributed by atoms with Crippen LogP contribution in [-0.2, 0) is 4.74 Å². The maximum Gasteiger partial charge on any atom is 0.149 e. The molecule has 2 aromatic carbocycles. The third-order valence-electron chi connectivity index (χ3n) is 4.54. The van der Waals surface area contributed by atoms with E-state index in [1.165, 1.54) is 6.20 Å². The Balaban J connectivity index is 1.77. The number of pyridine rings is 1. The Hall–Kier alpha value is -2.53. The SMILES string of the molecule is CC1CN(c2ccnc3c(F)ccc(F)c23)CC(c2ccccc2)O1. The van der Waals surface area contributed by atoms with E-state index < -0.39 is 11.6 Å². The van der Waals surface area contributed by atoms with E-state index in [0.717, 1.165) is 17.7 Å². The van der Waals surface area contributed by atoms with Crippen LogP contribution in [0.2, 0.25) is 0 Å². The van der Waals surface area contributed by atoms with Crippen molar-refractivity contribution in [2.24, 2.45) is 0 Å². The van der Waals surface area contributed by atoms with Gasteiger partial charge >= 0.3 is 0 Å². The summed E-state index contributed by atoms with van der Waals surface area (Å²) in [6.07, 6.45) is 1.38. The minimum absolute atomic E-state index is 0.0289. The molecule has 0 bridgehead atoms. The van der Waals surface area contributed by atoms with Crippen LogP contribution in [0.5, 0.6) is 0 Å². The number of aromatic nitrogens is 1. The molecule has 25 heavy (non-hydrogen) atoms. The molecule has 4 rings (SSSR count). The third-order valence-corrected chi connectivity index (χ3v) is 4.54. The minimum Gasteiger partial charge on any atom is -0.367 e.